The number of hydrogen-bond donors (Lipinski definition) is 2. The lowest BCUT2D eigenvalue weighted by Crippen LogP contribution is -2.17. The van der Waals surface area contributed by atoms with Crippen molar-refractivity contribution in [2.45, 2.75) is 6.54 Å². The van der Waals surface area contributed by atoms with Crippen LogP contribution in [-0.4, -0.2) is 40.8 Å². The highest BCUT2D eigenvalue weighted by Gasteiger charge is 2.28. The van der Waals surface area contributed by atoms with Crippen LogP contribution < -0.4 is 20.5 Å². The van der Waals surface area contributed by atoms with Gasteiger partial charge in [0.05, 0.1) is 35.1 Å². The molecule has 3 aromatic rings. The van der Waals surface area contributed by atoms with E-state index in [-0.39, 0.29) is 33.3 Å². The van der Waals surface area contributed by atoms with E-state index in [1.807, 2.05) is 6.07 Å². The molecule has 0 bridgehead atoms. The number of halogens is 2. The minimum absolute atomic E-state index is 0.0544. The fraction of sp³-hybridized carbons (Fsp3) is 0.143. The number of fused-ring (bicyclic) bond motifs is 1. The molecule has 0 spiro atoms. The van der Waals surface area contributed by atoms with Crippen molar-refractivity contribution in [3.05, 3.63) is 63.3 Å². The monoisotopic (exact) mass is 473 g/mol. The van der Waals surface area contributed by atoms with Gasteiger partial charge in [-0.05, 0) is 23.8 Å². The zero-order valence-corrected chi connectivity index (χ0v) is 18.5. The number of aromatic nitrogens is 2. The van der Waals surface area contributed by atoms with Crippen molar-refractivity contribution in [1.82, 2.24) is 14.9 Å². The molecule has 0 saturated heterocycles. The van der Waals surface area contributed by atoms with E-state index in [0.29, 0.717) is 29.3 Å². The van der Waals surface area contributed by atoms with Gasteiger partial charge in [-0.1, -0.05) is 35.3 Å². The zero-order chi connectivity index (χ0) is 23.0. The number of nitrogens with zero attached hydrogens (tertiary/aromatic N) is 3. The Labute approximate surface area is 193 Å². The molecular weight excluding hydrogens is 457 g/mol. The molecule has 11 heteroatoms. The minimum atomic E-state index is -0.686. The van der Waals surface area contributed by atoms with Gasteiger partial charge < -0.3 is 25.4 Å². The van der Waals surface area contributed by atoms with E-state index in [1.165, 1.54) is 25.4 Å². The molecule has 0 unspecified atom stereocenters. The number of ether oxygens (including phenoxy) is 2. The summed E-state index contributed by atoms with van der Waals surface area (Å²) in [4.78, 5) is 34.0. The molecule has 0 fully saturated rings. The first-order valence-electron chi connectivity index (χ1n) is 9.30. The van der Waals surface area contributed by atoms with Gasteiger partial charge >= 0.3 is 0 Å². The first-order valence-corrected chi connectivity index (χ1v) is 10.1. The number of amides is 2. The van der Waals surface area contributed by atoms with Gasteiger partial charge in [0.2, 0.25) is 17.7 Å². The van der Waals surface area contributed by atoms with E-state index < -0.39 is 5.91 Å². The number of hydrogen-bond acceptors (Lipinski definition) is 7. The molecule has 1 aromatic heterocycles. The van der Waals surface area contributed by atoms with Crippen LogP contribution in [0.25, 0.3) is 0 Å². The fourth-order valence-electron chi connectivity index (χ4n) is 3.27. The Morgan fingerprint density at radius 1 is 1.22 bits per heavy atom. The average molecular weight is 474 g/mol. The lowest BCUT2D eigenvalue weighted by atomic mass is 10.1. The van der Waals surface area contributed by atoms with Crippen LogP contribution >= 0.6 is 23.2 Å². The zero-order valence-electron chi connectivity index (χ0n) is 17.0. The maximum Gasteiger partial charge on any atom is 0.258 e. The first kappa shape index (κ1) is 21.7. The second-order valence-corrected chi connectivity index (χ2v) is 7.74. The second kappa shape index (κ2) is 8.52. The van der Waals surface area contributed by atoms with E-state index in [9.17, 15) is 9.59 Å². The van der Waals surface area contributed by atoms with Crippen LogP contribution in [0, 0.1) is 0 Å². The summed E-state index contributed by atoms with van der Waals surface area (Å²) in [6, 6.07) is 8.21. The van der Waals surface area contributed by atoms with Crippen LogP contribution in [-0.2, 0) is 6.54 Å². The SMILES string of the molecule is COc1cc(C(N)=O)c(Cl)cc1Nc1ncc(Cl)c(Oc2cccc3c2C(=O)N(C)C3)n1. The number of carbonyl (C=O) groups excluding carboxylic acids is 2. The molecule has 3 N–H and O–H groups in total. The summed E-state index contributed by atoms with van der Waals surface area (Å²) in [5, 5.41) is 3.24. The number of methoxy groups -OCH3 is 1. The minimum Gasteiger partial charge on any atom is -0.495 e. The standard InChI is InChI=1S/C21H17Cl2N5O4/c1-28-9-10-4-3-5-15(17(10)20(28)30)32-19-13(23)8-25-21(27-19)26-14-7-12(22)11(18(24)29)6-16(14)31-2/h3-8H,9H2,1-2H3,(H2,24,29)(H,25,26,27). The van der Waals surface area contributed by atoms with Crippen molar-refractivity contribution in [1.29, 1.82) is 0 Å². The Morgan fingerprint density at radius 2 is 2.00 bits per heavy atom. The van der Waals surface area contributed by atoms with E-state index in [1.54, 1.807) is 24.1 Å². The fourth-order valence-corrected chi connectivity index (χ4v) is 3.66. The molecule has 0 aliphatic carbocycles. The Bertz CT molecular complexity index is 1250. The maximum atomic E-state index is 12.5. The second-order valence-electron chi connectivity index (χ2n) is 6.92. The summed E-state index contributed by atoms with van der Waals surface area (Å²) >= 11 is 12.4. The molecule has 9 nitrogen and oxygen atoms in total. The summed E-state index contributed by atoms with van der Waals surface area (Å²) in [5.41, 5.74) is 7.16. The first-order chi connectivity index (χ1) is 15.3. The molecular formula is C21H17Cl2N5O4. The van der Waals surface area contributed by atoms with Crippen molar-refractivity contribution < 1.29 is 19.1 Å². The average Bonchev–Trinajstić information content (AvgIpc) is 3.05. The predicted octanol–water partition coefficient (Wildman–Crippen LogP) is 4.01. The number of anilines is 2. The van der Waals surface area contributed by atoms with Crippen molar-refractivity contribution >= 4 is 46.7 Å². The molecule has 0 atom stereocenters. The highest BCUT2D eigenvalue weighted by molar-refractivity contribution is 6.34. The van der Waals surface area contributed by atoms with Gasteiger partial charge in [0, 0.05) is 13.6 Å². The molecule has 1 aliphatic heterocycles. The van der Waals surface area contributed by atoms with Gasteiger partial charge in [0.25, 0.3) is 5.91 Å². The number of nitrogens with one attached hydrogen (secondary N) is 1. The Kier molecular flexibility index (Phi) is 5.77. The van der Waals surface area contributed by atoms with Crippen LogP contribution in [0.3, 0.4) is 0 Å². The summed E-state index contributed by atoms with van der Waals surface area (Å²) in [6.45, 7) is 0.498. The van der Waals surface area contributed by atoms with Crippen LogP contribution in [0.2, 0.25) is 10.0 Å². The number of primary amides is 1. The van der Waals surface area contributed by atoms with Crippen LogP contribution in [0.1, 0.15) is 26.3 Å². The van der Waals surface area contributed by atoms with E-state index >= 15 is 0 Å². The van der Waals surface area contributed by atoms with Gasteiger partial charge in [-0.15, -0.1) is 0 Å². The van der Waals surface area contributed by atoms with Crippen LogP contribution in [0.15, 0.2) is 36.5 Å². The van der Waals surface area contributed by atoms with Gasteiger partial charge in [-0.3, -0.25) is 9.59 Å². The largest absolute Gasteiger partial charge is 0.495 e. The summed E-state index contributed by atoms with van der Waals surface area (Å²) < 4.78 is 11.2. The van der Waals surface area contributed by atoms with E-state index in [2.05, 4.69) is 15.3 Å². The predicted molar refractivity (Wildman–Crippen MR) is 119 cm³/mol. The number of nitrogens with two attached hydrogens (primary N) is 1. The third-order valence-corrected chi connectivity index (χ3v) is 5.37. The third kappa shape index (κ3) is 4.00. The molecule has 4 rings (SSSR count). The number of rotatable bonds is 6. The smallest absolute Gasteiger partial charge is 0.258 e. The lowest BCUT2D eigenvalue weighted by molar-refractivity contribution is 0.0814. The normalized spacial score (nSPS) is 12.5. The molecule has 1 aliphatic rings. The van der Waals surface area contributed by atoms with Gasteiger partial charge in [-0.2, -0.15) is 4.98 Å². The van der Waals surface area contributed by atoms with Crippen molar-refractivity contribution in [3.8, 4) is 17.4 Å². The maximum absolute atomic E-state index is 12.5. The topological polar surface area (TPSA) is 120 Å². The lowest BCUT2D eigenvalue weighted by Gasteiger charge is -2.14. The molecule has 164 valence electrons. The number of carbonyl (C=O) groups is 2. The summed E-state index contributed by atoms with van der Waals surface area (Å²) in [5.74, 6) is -0.00386. The molecule has 0 radical (unpaired) electrons. The van der Waals surface area contributed by atoms with Gasteiger partial charge in [-0.25, -0.2) is 4.98 Å². The summed E-state index contributed by atoms with van der Waals surface area (Å²) in [7, 11) is 3.15. The molecule has 0 saturated carbocycles. The van der Waals surface area contributed by atoms with Crippen LogP contribution in [0.4, 0.5) is 11.6 Å². The highest BCUT2D eigenvalue weighted by atomic mass is 35.5. The van der Waals surface area contributed by atoms with E-state index in [4.69, 9.17) is 38.4 Å². The third-order valence-electron chi connectivity index (χ3n) is 4.80. The van der Waals surface area contributed by atoms with Gasteiger partial charge in [0.15, 0.2) is 0 Å². The van der Waals surface area contributed by atoms with Crippen molar-refractivity contribution in [3.63, 3.8) is 0 Å². The molecule has 2 amide bonds. The molecule has 32 heavy (non-hydrogen) atoms. The summed E-state index contributed by atoms with van der Waals surface area (Å²) in [6.07, 6.45) is 1.36. The Hall–Kier alpha value is -3.56. The van der Waals surface area contributed by atoms with Gasteiger partial charge in [0.1, 0.15) is 16.5 Å². The van der Waals surface area contributed by atoms with E-state index in [0.717, 1.165) is 5.56 Å². The highest BCUT2D eigenvalue weighted by Crippen LogP contribution is 2.36. The van der Waals surface area contributed by atoms with Crippen molar-refractivity contribution in [2.75, 3.05) is 19.5 Å². The Balaban J connectivity index is 1.66. The van der Waals surface area contributed by atoms with Crippen molar-refractivity contribution in [2.24, 2.45) is 5.73 Å². The molecule has 2 heterocycles. The quantitative estimate of drug-likeness (QED) is 0.554. The van der Waals surface area contributed by atoms with Crippen LogP contribution in [0.5, 0.6) is 17.4 Å². The number of benzene rings is 2. The molecule has 2 aromatic carbocycles. The Morgan fingerprint density at radius 3 is 2.72 bits per heavy atom.